The third-order valence-electron chi connectivity index (χ3n) is 2.20. The van der Waals surface area contributed by atoms with E-state index in [1.807, 2.05) is 0 Å². The zero-order valence-electron chi connectivity index (χ0n) is 10.1. The second-order valence-corrected chi connectivity index (χ2v) is 6.12. The van der Waals surface area contributed by atoms with Gasteiger partial charge in [0.2, 0.25) is 0 Å². The second-order valence-electron chi connectivity index (χ2n) is 3.70. The van der Waals surface area contributed by atoms with Gasteiger partial charge >= 0.3 is 5.97 Å². The third-order valence-corrected chi connectivity index (χ3v) is 4.23. The SMILES string of the molecule is O=C(O)Cn1cc(S(=O)(=O)Nc2ncnc(Cl)c2Cl)cn1. The molecule has 0 saturated carbocycles. The fraction of sp³-hybridized carbons (Fsp3) is 0.111. The number of carboxylic acids is 1. The highest BCUT2D eigenvalue weighted by atomic mass is 35.5. The Kier molecular flexibility index (Phi) is 4.30. The summed E-state index contributed by atoms with van der Waals surface area (Å²) in [6.07, 6.45) is 3.11. The Hall–Kier alpha value is -1.91. The largest absolute Gasteiger partial charge is 0.480 e. The van der Waals surface area contributed by atoms with Crippen LogP contribution in [0.3, 0.4) is 0 Å². The number of halogens is 2. The van der Waals surface area contributed by atoms with Gasteiger partial charge in [0.05, 0.1) is 6.20 Å². The highest BCUT2D eigenvalue weighted by molar-refractivity contribution is 7.92. The Morgan fingerprint density at radius 1 is 1.38 bits per heavy atom. The van der Waals surface area contributed by atoms with E-state index in [-0.39, 0.29) is 20.9 Å². The van der Waals surface area contributed by atoms with Crippen LogP contribution in [-0.4, -0.2) is 39.2 Å². The number of sulfonamides is 1. The van der Waals surface area contributed by atoms with E-state index in [2.05, 4.69) is 19.8 Å². The van der Waals surface area contributed by atoms with Gasteiger partial charge in [-0.15, -0.1) is 0 Å². The summed E-state index contributed by atoms with van der Waals surface area (Å²) in [5, 5.41) is 12.0. The van der Waals surface area contributed by atoms with Crippen molar-refractivity contribution in [3.63, 3.8) is 0 Å². The number of hydrogen-bond donors (Lipinski definition) is 2. The Morgan fingerprint density at radius 3 is 2.76 bits per heavy atom. The number of carboxylic acid groups (broad SMARTS) is 1. The Bertz CT molecular complexity index is 791. The molecule has 21 heavy (non-hydrogen) atoms. The van der Waals surface area contributed by atoms with Crippen molar-refractivity contribution in [1.29, 1.82) is 0 Å². The van der Waals surface area contributed by atoms with E-state index < -0.39 is 22.5 Å². The van der Waals surface area contributed by atoms with Gasteiger partial charge in [-0.2, -0.15) is 5.10 Å². The molecule has 0 unspecified atom stereocenters. The molecule has 0 aliphatic carbocycles. The number of aliphatic carboxylic acids is 1. The minimum absolute atomic E-state index is 0.106. The lowest BCUT2D eigenvalue weighted by atomic mass is 10.6. The molecule has 2 rings (SSSR count). The van der Waals surface area contributed by atoms with E-state index in [1.165, 1.54) is 0 Å². The lowest BCUT2D eigenvalue weighted by molar-refractivity contribution is -0.137. The molecule has 0 spiro atoms. The van der Waals surface area contributed by atoms with Crippen molar-refractivity contribution < 1.29 is 18.3 Å². The minimum atomic E-state index is -4.03. The zero-order chi connectivity index (χ0) is 15.6. The topological polar surface area (TPSA) is 127 Å². The molecular weight excluding hydrogens is 345 g/mol. The van der Waals surface area contributed by atoms with Gasteiger partial charge in [0.15, 0.2) is 11.0 Å². The van der Waals surface area contributed by atoms with E-state index in [0.29, 0.717) is 0 Å². The molecule has 0 amide bonds. The number of rotatable bonds is 5. The predicted octanol–water partition coefficient (Wildman–Crippen LogP) is 0.865. The number of anilines is 1. The molecule has 9 nitrogen and oxygen atoms in total. The quantitative estimate of drug-likeness (QED) is 0.764. The van der Waals surface area contributed by atoms with Gasteiger partial charge in [-0.25, -0.2) is 18.4 Å². The molecule has 2 N–H and O–H groups in total. The summed E-state index contributed by atoms with van der Waals surface area (Å²) < 4.78 is 27.3. The standard InChI is InChI=1S/C9H7Cl2N5O4S/c10-7-8(11)12-4-13-9(7)15-21(19,20)5-1-14-16(2-5)3-6(17)18/h1-2,4H,3H2,(H,17,18)(H,12,13,15). The lowest BCUT2D eigenvalue weighted by Gasteiger charge is -2.06. The van der Waals surface area contributed by atoms with Crippen LogP contribution in [0.4, 0.5) is 5.82 Å². The summed E-state index contributed by atoms with van der Waals surface area (Å²) in [7, 11) is -4.03. The van der Waals surface area contributed by atoms with E-state index in [4.69, 9.17) is 28.3 Å². The number of aromatic nitrogens is 4. The first-order valence-electron chi connectivity index (χ1n) is 5.22. The molecule has 0 atom stereocenters. The highest BCUT2D eigenvalue weighted by Crippen LogP contribution is 2.27. The Balaban J connectivity index is 2.28. The van der Waals surface area contributed by atoms with Crippen LogP contribution in [0.15, 0.2) is 23.6 Å². The van der Waals surface area contributed by atoms with E-state index in [1.54, 1.807) is 0 Å². The number of nitrogens with zero attached hydrogens (tertiary/aromatic N) is 4. The molecule has 2 aromatic rings. The molecule has 0 bridgehead atoms. The highest BCUT2D eigenvalue weighted by Gasteiger charge is 2.20. The van der Waals surface area contributed by atoms with Crippen LogP contribution in [0.5, 0.6) is 0 Å². The molecule has 0 radical (unpaired) electrons. The van der Waals surface area contributed by atoms with E-state index >= 15 is 0 Å². The smallest absolute Gasteiger partial charge is 0.325 e. The minimum Gasteiger partial charge on any atom is -0.480 e. The fourth-order valence-corrected chi connectivity index (χ4v) is 2.62. The number of carbonyl (C=O) groups is 1. The van der Waals surface area contributed by atoms with Gasteiger partial charge in [0, 0.05) is 6.20 Å². The van der Waals surface area contributed by atoms with Gasteiger partial charge in [0.1, 0.15) is 22.8 Å². The average molecular weight is 352 g/mol. The summed E-state index contributed by atoms with van der Waals surface area (Å²) in [5.74, 6) is -1.34. The van der Waals surface area contributed by atoms with Crippen LogP contribution < -0.4 is 4.72 Å². The molecule has 2 aromatic heterocycles. The number of hydrogen-bond acceptors (Lipinski definition) is 6. The molecule has 12 heteroatoms. The summed E-state index contributed by atoms with van der Waals surface area (Å²) in [5.41, 5.74) is 0. The summed E-state index contributed by atoms with van der Waals surface area (Å²) in [6, 6.07) is 0. The molecule has 2 heterocycles. The van der Waals surface area contributed by atoms with Crippen LogP contribution in [0, 0.1) is 0 Å². The van der Waals surface area contributed by atoms with Crippen LogP contribution in [-0.2, 0) is 21.4 Å². The van der Waals surface area contributed by atoms with Gasteiger partial charge in [-0.1, -0.05) is 23.2 Å². The summed E-state index contributed by atoms with van der Waals surface area (Å²) >= 11 is 11.4. The van der Waals surface area contributed by atoms with Gasteiger partial charge in [-0.3, -0.25) is 14.2 Å². The third kappa shape index (κ3) is 3.60. The maximum Gasteiger partial charge on any atom is 0.325 e. The summed E-state index contributed by atoms with van der Waals surface area (Å²) in [6.45, 7) is -0.463. The molecule has 0 fully saturated rings. The Labute approximate surface area is 128 Å². The van der Waals surface area contributed by atoms with Gasteiger partial charge in [0.25, 0.3) is 10.0 Å². The first-order valence-corrected chi connectivity index (χ1v) is 7.46. The van der Waals surface area contributed by atoms with Crippen molar-refractivity contribution in [1.82, 2.24) is 19.7 Å². The molecule has 0 aliphatic heterocycles. The number of nitrogens with one attached hydrogen (secondary N) is 1. The lowest BCUT2D eigenvalue weighted by Crippen LogP contribution is -2.14. The fourth-order valence-electron chi connectivity index (χ4n) is 1.31. The van der Waals surface area contributed by atoms with Gasteiger partial charge < -0.3 is 5.11 Å². The monoisotopic (exact) mass is 351 g/mol. The van der Waals surface area contributed by atoms with E-state index in [0.717, 1.165) is 23.4 Å². The summed E-state index contributed by atoms with van der Waals surface area (Å²) in [4.78, 5) is 17.5. The molecule has 0 aliphatic rings. The van der Waals surface area contributed by atoms with Crippen molar-refractivity contribution in [2.45, 2.75) is 11.4 Å². The van der Waals surface area contributed by atoms with Gasteiger partial charge in [-0.05, 0) is 0 Å². The molecule has 0 saturated heterocycles. The van der Waals surface area contributed by atoms with Crippen molar-refractivity contribution in [3.8, 4) is 0 Å². The van der Waals surface area contributed by atoms with Crippen LogP contribution >= 0.6 is 23.2 Å². The van der Waals surface area contributed by atoms with E-state index in [9.17, 15) is 13.2 Å². The van der Waals surface area contributed by atoms with Crippen molar-refractivity contribution >= 4 is 45.0 Å². The average Bonchev–Trinajstić information content (AvgIpc) is 2.83. The normalized spacial score (nSPS) is 11.3. The maximum absolute atomic E-state index is 12.1. The second kappa shape index (κ2) is 5.84. The first kappa shape index (κ1) is 15.5. The van der Waals surface area contributed by atoms with Crippen molar-refractivity contribution in [2.24, 2.45) is 0 Å². The predicted molar refractivity (Wildman–Crippen MR) is 72.7 cm³/mol. The maximum atomic E-state index is 12.1. The molecular formula is C9H7Cl2N5O4S. The van der Waals surface area contributed by atoms with Crippen molar-refractivity contribution in [2.75, 3.05) is 4.72 Å². The van der Waals surface area contributed by atoms with Crippen LogP contribution in [0.2, 0.25) is 10.2 Å². The zero-order valence-corrected chi connectivity index (χ0v) is 12.4. The Morgan fingerprint density at radius 2 is 2.10 bits per heavy atom. The first-order chi connectivity index (χ1) is 9.79. The van der Waals surface area contributed by atoms with Crippen LogP contribution in [0.1, 0.15) is 0 Å². The van der Waals surface area contributed by atoms with Crippen molar-refractivity contribution in [3.05, 3.63) is 28.9 Å². The molecule has 112 valence electrons. The van der Waals surface area contributed by atoms with Crippen LogP contribution in [0.25, 0.3) is 0 Å². The molecule has 0 aromatic carbocycles.